The molecule has 1 amide bonds. The lowest BCUT2D eigenvalue weighted by Crippen LogP contribution is -2.58. The number of hydrogen-bond acceptors (Lipinski definition) is 6. The van der Waals surface area contributed by atoms with Crippen LogP contribution in [0.1, 0.15) is 58.3 Å². The Morgan fingerprint density at radius 2 is 2.00 bits per heavy atom. The average Bonchev–Trinajstić information content (AvgIpc) is 3.02. The molecule has 0 radical (unpaired) electrons. The van der Waals surface area contributed by atoms with Crippen molar-refractivity contribution < 1.29 is 9.32 Å². The molecule has 7 nitrogen and oxygen atoms in total. The van der Waals surface area contributed by atoms with Gasteiger partial charge in [0.15, 0.2) is 5.82 Å². The van der Waals surface area contributed by atoms with E-state index in [4.69, 9.17) is 10.3 Å². The van der Waals surface area contributed by atoms with Crippen molar-refractivity contribution in [1.29, 1.82) is 0 Å². The molecule has 0 aliphatic carbocycles. The van der Waals surface area contributed by atoms with Crippen LogP contribution in [0, 0.1) is 0 Å². The third kappa shape index (κ3) is 4.09. The Kier molecular flexibility index (Phi) is 5.75. The zero-order valence-corrected chi connectivity index (χ0v) is 14.7. The number of amides is 1. The predicted molar refractivity (Wildman–Crippen MR) is 87.7 cm³/mol. The van der Waals surface area contributed by atoms with Crippen molar-refractivity contribution in [3.63, 3.8) is 0 Å². The van der Waals surface area contributed by atoms with Gasteiger partial charge >= 0.3 is 0 Å². The molecule has 23 heavy (non-hydrogen) atoms. The summed E-state index contributed by atoms with van der Waals surface area (Å²) in [4.78, 5) is 21.1. The molecule has 0 aromatic carbocycles. The molecular weight excluding hydrogens is 294 g/mol. The summed E-state index contributed by atoms with van der Waals surface area (Å²) < 4.78 is 5.33. The first-order valence-electron chi connectivity index (χ1n) is 8.53. The van der Waals surface area contributed by atoms with Gasteiger partial charge in [-0.25, -0.2) is 0 Å². The van der Waals surface area contributed by atoms with Crippen molar-refractivity contribution in [3.05, 3.63) is 11.7 Å². The maximum atomic E-state index is 12.5. The summed E-state index contributed by atoms with van der Waals surface area (Å²) in [6.07, 6.45) is 2.39. The van der Waals surface area contributed by atoms with Gasteiger partial charge in [-0.1, -0.05) is 25.4 Å². The van der Waals surface area contributed by atoms with Crippen LogP contribution < -0.4 is 5.73 Å². The van der Waals surface area contributed by atoms with E-state index in [0.29, 0.717) is 25.4 Å². The average molecular weight is 323 g/mol. The fraction of sp³-hybridized carbons (Fsp3) is 0.812. The topological polar surface area (TPSA) is 88.5 Å². The van der Waals surface area contributed by atoms with Crippen LogP contribution in [-0.4, -0.2) is 57.6 Å². The van der Waals surface area contributed by atoms with Crippen LogP contribution in [0.2, 0.25) is 0 Å². The second-order valence-electron chi connectivity index (χ2n) is 6.57. The summed E-state index contributed by atoms with van der Waals surface area (Å²) in [6.45, 7) is 10.9. The highest BCUT2D eigenvalue weighted by atomic mass is 16.5. The standard InChI is InChI=1S/C16H29N5O2/c1-5-7-16(4,17)15(22)21-10-8-20(9-11-21)12(3)14-18-13(6-2)19-23-14/h12H,5-11,17H2,1-4H3. The lowest BCUT2D eigenvalue weighted by atomic mass is 9.95. The van der Waals surface area contributed by atoms with E-state index in [1.165, 1.54) is 0 Å². The number of piperazine rings is 1. The molecule has 2 N–H and O–H groups in total. The number of carbonyl (C=O) groups excluding carboxylic acids is 1. The van der Waals surface area contributed by atoms with E-state index in [1.54, 1.807) is 0 Å². The Bertz CT molecular complexity index is 520. The zero-order valence-electron chi connectivity index (χ0n) is 14.7. The van der Waals surface area contributed by atoms with Gasteiger partial charge in [-0.3, -0.25) is 9.69 Å². The molecule has 2 atom stereocenters. The zero-order chi connectivity index (χ0) is 17.0. The molecule has 1 aromatic heterocycles. The number of hydrogen-bond donors (Lipinski definition) is 1. The van der Waals surface area contributed by atoms with E-state index in [1.807, 2.05) is 25.7 Å². The Morgan fingerprint density at radius 3 is 2.52 bits per heavy atom. The third-order valence-corrected chi connectivity index (χ3v) is 4.56. The maximum Gasteiger partial charge on any atom is 0.243 e. The molecule has 1 aliphatic rings. The van der Waals surface area contributed by atoms with Crippen LogP contribution >= 0.6 is 0 Å². The lowest BCUT2D eigenvalue weighted by molar-refractivity contribution is -0.138. The molecule has 0 saturated carbocycles. The van der Waals surface area contributed by atoms with Crippen LogP contribution in [-0.2, 0) is 11.2 Å². The molecule has 1 fully saturated rings. The van der Waals surface area contributed by atoms with Crippen molar-refractivity contribution in [2.45, 2.75) is 58.5 Å². The largest absolute Gasteiger partial charge is 0.339 e. The summed E-state index contributed by atoms with van der Waals surface area (Å²) >= 11 is 0. The molecular formula is C16H29N5O2. The molecule has 1 aromatic rings. The van der Waals surface area contributed by atoms with Crippen LogP contribution in [0.3, 0.4) is 0 Å². The number of nitrogens with two attached hydrogens (primary N) is 1. The summed E-state index contributed by atoms with van der Waals surface area (Å²) in [7, 11) is 0. The number of aryl methyl sites for hydroxylation is 1. The number of aromatic nitrogens is 2. The summed E-state index contributed by atoms with van der Waals surface area (Å²) in [6, 6.07) is 0.0694. The van der Waals surface area contributed by atoms with Crippen LogP contribution in [0.4, 0.5) is 0 Å². The minimum Gasteiger partial charge on any atom is -0.339 e. The molecule has 2 heterocycles. The smallest absolute Gasteiger partial charge is 0.243 e. The summed E-state index contributed by atoms with van der Waals surface area (Å²) in [5.41, 5.74) is 5.41. The second-order valence-corrected chi connectivity index (χ2v) is 6.57. The van der Waals surface area contributed by atoms with Gasteiger partial charge in [0.25, 0.3) is 0 Å². The van der Waals surface area contributed by atoms with E-state index in [9.17, 15) is 4.79 Å². The summed E-state index contributed by atoms with van der Waals surface area (Å²) in [5, 5.41) is 3.95. The van der Waals surface area contributed by atoms with Gasteiger partial charge in [-0.15, -0.1) is 0 Å². The highest BCUT2D eigenvalue weighted by Gasteiger charge is 2.34. The minimum absolute atomic E-state index is 0.0534. The van der Waals surface area contributed by atoms with Gasteiger partial charge in [0, 0.05) is 32.6 Å². The summed E-state index contributed by atoms with van der Waals surface area (Å²) in [5.74, 6) is 1.44. The van der Waals surface area contributed by atoms with Crippen LogP contribution in [0.5, 0.6) is 0 Å². The maximum absolute atomic E-state index is 12.5. The molecule has 130 valence electrons. The molecule has 2 rings (SSSR count). The van der Waals surface area contributed by atoms with E-state index in [0.717, 1.165) is 31.8 Å². The monoisotopic (exact) mass is 323 g/mol. The Hall–Kier alpha value is -1.47. The van der Waals surface area contributed by atoms with Crippen molar-refractivity contribution in [2.75, 3.05) is 26.2 Å². The molecule has 0 spiro atoms. The fourth-order valence-corrected chi connectivity index (χ4v) is 3.04. The van der Waals surface area contributed by atoms with E-state index < -0.39 is 5.54 Å². The quantitative estimate of drug-likeness (QED) is 0.850. The lowest BCUT2D eigenvalue weighted by Gasteiger charge is -2.39. The minimum atomic E-state index is -0.759. The van der Waals surface area contributed by atoms with Crippen molar-refractivity contribution in [1.82, 2.24) is 19.9 Å². The highest BCUT2D eigenvalue weighted by Crippen LogP contribution is 2.21. The number of rotatable bonds is 6. The highest BCUT2D eigenvalue weighted by molar-refractivity contribution is 5.85. The number of nitrogens with zero attached hydrogens (tertiary/aromatic N) is 4. The van der Waals surface area contributed by atoms with Gasteiger partial charge < -0.3 is 15.2 Å². The van der Waals surface area contributed by atoms with Gasteiger partial charge in [0.1, 0.15) is 0 Å². The van der Waals surface area contributed by atoms with Gasteiger partial charge in [-0.05, 0) is 20.3 Å². The first-order chi connectivity index (χ1) is 10.9. The van der Waals surface area contributed by atoms with E-state index in [-0.39, 0.29) is 11.9 Å². The Morgan fingerprint density at radius 1 is 1.35 bits per heavy atom. The molecule has 0 bridgehead atoms. The van der Waals surface area contributed by atoms with Gasteiger partial charge in [0.2, 0.25) is 11.8 Å². The van der Waals surface area contributed by atoms with Gasteiger partial charge in [-0.2, -0.15) is 4.98 Å². The molecule has 7 heteroatoms. The fourth-order valence-electron chi connectivity index (χ4n) is 3.04. The molecule has 1 aliphatic heterocycles. The molecule has 1 saturated heterocycles. The van der Waals surface area contributed by atoms with Crippen molar-refractivity contribution >= 4 is 5.91 Å². The second kappa shape index (κ2) is 7.40. The van der Waals surface area contributed by atoms with E-state index >= 15 is 0 Å². The number of carbonyl (C=O) groups is 1. The molecule has 2 unspecified atom stereocenters. The van der Waals surface area contributed by atoms with E-state index in [2.05, 4.69) is 22.0 Å². The first-order valence-corrected chi connectivity index (χ1v) is 8.53. The Balaban J connectivity index is 1.91. The first kappa shape index (κ1) is 17.9. The predicted octanol–water partition coefficient (Wildman–Crippen LogP) is 1.35. The van der Waals surface area contributed by atoms with Crippen LogP contribution in [0.25, 0.3) is 0 Å². The van der Waals surface area contributed by atoms with Crippen molar-refractivity contribution in [3.8, 4) is 0 Å². The Labute approximate surface area is 138 Å². The van der Waals surface area contributed by atoms with Gasteiger partial charge in [0.05, 0.1) is 11.6 Å². The SMILES string of the molecule is CCCC(C)(N)C(=O)N1CCN(C(C)c2nc(CC)no2)CC1. The van der Waals surface area contributed by atoms with Crippen LogP contribution in [0.15, 0.2) is 4.52 Å². The van der Waals surface area contributed by atoms with Crippen molar-refractivity contribution in [2.24, 2.45) is 5.73 Å². The third-order valence-electron chi connectivity index (χ3n) is 4.56. The normalized spacial score (nSPS) is 20.3.